The Bertz CT molecular complexity index is 1320. The first-order valence-corrected chi connectivity index (χ1v) is 15.3. The number of ether oxygens (including phenoxy) is 1. The fourth-order valence-electron chi connectivity index (χ4n) is 5.06. The molecule has 0 bridgehead atoms. The van der Waals surface area contributed by atoms with E-state index in [2.05, 4.69) is 38.5 Å². The van der Waals surface area contributed by atoms with Gasteiger partial charge in [0.1, 0.15) is 12.5 Å². The van der Waals surface area contributed by atoms with Gasteiger partial charge < -0.3 is 9.30 Å². The number of nitrogens with one attached hydrogen (secondary N) is 1. The Morgan fingerprint density at radius 3 is 2.71 bits per heavy atom. The average Bonchev–Trinajstić information content (AvgIpc) is 3.45. The summed E-state index contributed by atoms with van der Waals surface area (Å²) < 4.78 is 64.8. The number of hydrogen-bond acceptors (Lipinski definition) is 5. The maximum Gasteiger partial charge on any atom is 0.280 e. The molecule has 3 aromatic rings. The molecule has 35 heavy (non-hydrogen) atoms. The molecule has 0 aromatic carbocycles. The van der Waals surface area contributed by atoms with Gasteiger partial charge in [-0.15, -0.1) is 0 Å². The first-order valence-electron chi connectivity index (χ1n) is 11.6. The van der Waals surface area contributed by atoms with Crippen molar-refractivity contribution in [1.82, 2.24) is 28.0 Å². The highest BCUT2D eigenvalue weighted by Gasteiger charge is 2.50. The summed E-state index contributed by atoms with van der Waals surface area (Å²) in [6, 6.07) is 1.68. The van der Waals surface area contributed by atoms with Gasteiger partial charge in [-0.05, 0) is 35.7 Å². The van der Waals surface area contributed by atoms with Crippen molar-refractivity contribution in [3.05, 3.63) is 30.4 Å². The minimum absolute atomic E-state index is 0.0627. The van der Waals surface area contributed by atoms with Crippen molar-refractivity contribution in [3.63, 3.8) is 0 Å². The highest BCUT2D eigenvalue weighted by Crippen LogP contribution is 2.41. The van der Waals surface area contributed by atoms with Crippen molar-refractivity contribution < 1.29 is 21.9 Å². The topological polar surface area (TPSA) is 93.8 Å². The van der Waals surface area contributed by atoms with Gasteiger partial charge in [-0.25, -0.2) is 18.7 Å². The van der Waals surface area contributed by atoms with Gasteiger partial charge in [-0.1, -0.05) is 6.92 Å². The molecule has 5 rings (SSSR count). The molecule has 3 aromatic heterocycles. The highest BCUT2D eigenvalue weighted by molar-refractivity contribution is 7.95. The molecule has 4 heterocycles. The van der Waals surface area contributed by atoms with Gasteiger partial charge in [-0.3, -0.25) is 4.40 Å². The van der Waals surface area contributed by atoms with Gasteiger partial charge >= 0.3 is 0 Å². The Morgan fingerprint density at radius 2 is 2.00 bits per heavy atom. The van der Waals surface area contributed by atoms with Crippen LogP contribution in [0.4, 0.5) is 8.78 Å². The number of aromatic nitrogens is 4. The molecule has 1 aliphatic carbocycles. The second-order valence-corrected chi connectivity index (χ2v) is 13.9. The number of alkyl halides is 2. The smallest absolute Gasteiger partial charge is 0.280 e. The second-order valence-electron chi connectivity index (χ2n) is 9.86. The first-order chi connectivity index (χ1) is 16.5. The van der Waals surface area contributed by atoms with Crippen LogP contribution in [0.1, 0.15) is 31.4 Å². The number of halogens is 2. The molecule has 0 spiro atoms. The van der Waals surface area contributed by atoms with E-state index in [9.17, 15) is 17.2 Å². The lowest BCUT2D eigenvalue weighted by atomic mass is 9.95. The van der Waals surface area contributed by atoms with Crippen molar-refractivity contribution in [1.29, 1.82) is 0 Å². The van der Waals surface area contributed by atoms with E-state index in [0.29, 0.717) is 37.1 Å². The maximum absolute atomic E-state index is 13.2. The minimum atomic E-state index is -3.93. The maximum atomic E-state index is 13.2. The van der Waals surface area contributed by atoms with Crippen LogP contribution in [0.5, 0.6) is 0 Å². The van der Waals surface area contributed by atoms with Gasteiger partial charge in [-0.2, -0.15) is 17.4 Å². The van der Waals surface area contributed by atoms with Gasteiger partial charge in [0.15, 0.2) is 11.3 Å². The van der Waals surface area contributed by atoms with E-state index in [-0.39, 0.29) is 17.9 Å². The van der Waals surface area contributed by atoms with Crippen molar-refractivity contribution in [2.75, 3.05) is 38.0 Å². The molecule has 0 amide bonds. The van der Waals surface area contributed by atoms with Crippen LogP contribution in [0.15, 0.2) is 24.7 Å². The predicted octanol–water partition coefficient (Wildman–Crippen LogP) is 2.20. The van der Waals surface area contributed by atoms with E-state index in [1.807, 2.05) is 23.0 Å². The van der Waals surface area contributed by atoms with E-state index in [1.165, 1.54) is 0 Å². The Hall–Kier alpha value is -1.80. The molecule has 13 heteroatoms. The number of rotatable bonds is 9. The number of fused-ring (bicyclic) bond motifs is 3. The molecule has 0 radical (unpaired) electrons. The predicted molar refractivity (Wildman–Crippen MR) is 132 cm³/mol. The number of nitrogens with zero attached hydrogens (tertiary/aromatic N) is 5. The monoisotopic (exact) mass is 529 g/mol. The third-order valence-electron chi connectivity index (χ3n) is 6.87. The molecule has 3 atom stereocenters. The molecular formula is C22H31F2N6O3S2+. The lowest BCUT2D eigenvalue weighted by Crippen LogP contribution is -2.61. The molecule has 3 unspecified atom stereocenters. The second kappa shape index (κ2) is 9.25. The minimum Gasteiger partial charge on any atom is -0.356 e. The quantitative estimate of drug-likeness (QED) is 0.339. The summed E-state index contributed by atoms with van der Waals surface area (Å²) in [6.45, 7) is 1.68. The zero-order chi connectivity index (χ0) is 25.0. The van der Waals surface area contributed by atoms with Crippen LogP contribution in [-0.4, -0.2) is 81.6 Å². The normalized spacial score (nSPS) is 25.1. The molecule has 1 saturated carbocycles. The summed E-state index contributed by atoms with van der Waals surface area (Å²) in [5.41, 5.74) is 3.44. The SMILES string of the molecule is CC1CC(NS(=O)(=O)N2CC(F)(F)C2)CC1c1cnc2cnc3c(ccn3COCC[S+](C)C)n12. The third kappa shape index (κ3) is 4.93. The van der Waals surface area contributed by atoms with Crippen LogP contribution in [0.25, 0.3) is 16.8 Å². The first kappa shape index (κ1) is 24.9. The molecule has 1 saturated heterocycles. The van der Waals surface area contributed by atoms with Gasteiger partial charge in [0.2, 0.25) is 0 Å². The molecule has 2 aliphatic rings. The van der Waals surface area contributed by atoms with Crippen molar-refractivity contribution in [3.8, 4) is 0 Å². The van der Waals surface area contributed by atoms with Crippen LogP contribution in [0, 0.1) is 5.92 Å². The van der Waals surface area contributed by atoms with Crippen LogP contribution in [-0.2, 0) is 32.6 Å². The zero-order valence-electron chi connectivity index (χ0n) is 20.0. The van der Waals surface area contributed by atoms with Crippen LogP contribution in [0.2, 0.25) is 0 Å². The van der Waals surface area contributed by atoms with E-state index in [0.717, 1.165) is 32.6 Å². The largest absolute Gasteiger partial charge is 0.356 e. The average molecular weight is 530 g/mol. The summed E-state index contributed by atoms with van der Waals surface area (Å²) in [6.07, 6.45) is 11.1. The fourth-order valence-corrected chi connectivity index (χ4v) is 6.99. The summed E-state index contributed by atoms with van der Waals surface area (Å²) in [5, 5.41) is 0. The van der Waals surface area contributed by atoms with E-state index in [1.54, 1.807) is 6.20 Å². The van der Waals surface area contributed by atoms with Crippen LogP contribution >= 0.6 is 0 Å². The lowest BCUT2D eigenvalue weighted by molar-refractivity contribution is -0.0950. The summed E-state index contributed by atoms with van der Waals surface area (Å²) in [7, 11) is -3.60. The number of hydrogen-bond donors (Lipinski definition) is 1. The van der Waals surface area contributed by atoms with Crippen LogP contribution in [0.3, 0.4) is 0 Å². The van der Waals surface area contributed by atoms with Crippen molar-refractivity contribution in [2.45, 2.75) is 44.4 Å². The zero-order valence-corrected chi connectivity index (χ0v) is 21.7. The lowest BCUT2D eigenvalue weighted by Gasteiger charge is -2.37. The summed E-state index contributed by atoms with van der Waals surface area (Å²) >= 11 is 0. The Kier molecular flexibility index (Phi) is 6.58. The van der Waals surface area contributed by atoms with E-state index in [4.69, 9.17) is 4.74 Å². The van der Waals surface area contributed by atoms with Gasteiger partial charge in [0, 0.05) is 30.0 Å². The van der Waals surface area contributed by atoms with E-state index >= 15 is 0 Å². The van der Waals surface area contributed by atoms with E-state index < -0.39 is 29.2 Å². The molecular weight excluding hydrogens is 498 g/mol. The van der Waals surface area contributed by atoms with Gasteiger partial charge in [0.25, 0.3) is 16.1 Å². The van der Waals surface area contributed by atoms with Gasteiger partial charge in [0.05, 0.1) is 43.9 Å². The molecule has 9 nitrogen and oxygen atoms in total. The van der Waals surface area contributed by atoms with Crippen molar-refractivity contribution in [2.24, 2.45) is 5.92 Å². The Labute approximate surface area is 206 Å². The highest BCUT2D eigenvalue weighted by atomic mass is 32.2. The molecule has 2 fully saturated rings. The number of imidazole rings is 1. The standard InChI is InChI=1S/C22H31F2N6O3S2/c1-15-8-16(27-35(31,32)29-12-22(23,24)13-29)9-17(15)19-10-25-20-11-26-21-18(30(19)20)4-5-28(21)14-33-6-7-34(2)3/h4-5,10-11,15-17,27H,6-9,12-14H2,1-3H3/q+1. The molecule has 1 aliphatic heterocycles. The molecule has 192 valence electrons. The molecule has 1 N–H and O–H groups in total. The van der Waals surface area contributed by atoms with Crippen molar-refractivity contribution >= 4 is 37.9 Å². The summed E-state index contributed by atoms with van der Waals surface area (Å²) in [5.74, 6) is -1.67. The fraction of sp³-hybridized carbons (Fsp3) is 0.636. The summed E-state index contributed by atoms with van der Waals surface area (Å²) in [4.78, 5) is 9.14. The Morgan fingerprint density at radius 1 is 1.23 bits per heavy atom. The third-order valence-corrected chi connectivity index (χ3v) is 9.42. The Balaban J connectivity index is 1.34. The van der Waals surface area contributed by atoms with Crippen LogP contribution < -0.4 is 4.72 Å².